The molecule has 0 unspecified atom stereocenters. The van der Waals surface area contributed by atoms with Gasteiger partial charge in [-0.2, -0.15) is 0 Å². The maximum atomic E-state index is 12.8. The highest BCUT2D eigenvalue weighted by Gasteiger charge is 2.42. The molecule has 1 aromatic carbocycles. The molecule has 0 aromatic heterocycles. The van der Waals surface area contributed by atoms with Gasteiger partial charge in [-0.3, -0.25) is 9.69 Å². The second kappa shape index (κ2) is 6.97. The third-order valence-electron chi connectivity index (χ3n) is 4.12. The number of carbonyl (C=O) groups is 1. The van der Waals surface area contributed by atoms with E-state index in [1.54, 1.807) is 25.3 Å². The van der Waals surface area contributed by atoms with Crippen molar-refractivity contribution >= 4 is 50.1 Å². The molecule has 6 nitrogen and oxygen atoms in total. The molecule has 0 spiro atoms. The second-order valence-electron chi connectivity index (χ2n) is 5.69. The van der Waals surface area contributed by atoms with Crippen molar-refractivity contribution in [2.75, 3.05) is 25.7 Å². The van der Waals surface area contributed by atoms with Crippen molar-refractivity contribution in [3.05, 3.63) is 28.7 Å². The number of methoxy groups -OCH3 is 2. The standard InChI is InChI=1S/C16H17NO5S3/c1-21-12-5-3-4-10(14(12)22-2)8-13-15(18)17(16(23)24-13)11-6-7-25(19,20)9-11/h3-5,8,11H,6-7,9H2,1-2H3/b13-8+/t11-/m1/s1. The maximum Gasteiger partial charge on any atom is 0.266 e. The van der Waals surface area contributed by atoms with Gasteiger partial charge in [0, 0.05) is 5.56 Å². The van der Waals surface area contributed by atoms with Crippen molar-refractivity contribution in [3.8, 4) is 11.5 Å². The molecule has 3 rings (SSSR count). The van der Waals surface area contributed by atoms with Crippen LogP contribution < -0.4 is 9.47 Å². The van der Waals surface area contributed by atoms with Crippen LogP contribution in [-0.2, 0) is 14.6 Å². The number of thioether (sulfide) groups is 1. The predicted molar refractivity (Wildman–Crippen MR) is 102 cm³/mol. The predicted octanol–water partition coefficient (Wildman–Crippen LogP) is 2.09. The lowest BCUT2D eigenvalue weighted by molar-refractivity contribution is -0.123. The van der Waals surface area contributed by atoms with Gasteiger partial charge in [0.15, 0.2) is 21.3 Å². The summed E-state index contributed by atoms with van der Waals surface area (Å²) >= 11 is 6.48. The van der Waals surface area contributed by atoms with E-state index >= 15 is 0 Å². The lowest BCUT2D eigenvalue weighted by Crippen LogP contribution is -2.39. The Bertz CT molecular complexity index is 863. The van der Waals surface area contributed by atoms with Crippen LogP contribution in [0.3, 0.4) is 0 Å². The van der Waals surface area contributed by atoms with E-state index in [1.807, 2.05) is 6.07 Å². The smallest absolute Gasteiger partial charge is 0.266 e. The molecule has 25 heavy (non-hydrogen) atoms. The molecule has 0 saturated carbocycles. The number of hydrogen-bond acceptors (Lipinski definition) is 7. The number of nitrogens with zero attached hydrogens (tertiary/aromatic N) is 1. The Kier molecular flexibility index (Phi) is 5.08. The minimum absolute atomic E-state index is 0.0325. The van der Waals surface area contributed by atoms with Gasteiger partial charge >= 0.3 is 0 Å². The molecule has 1 atom stereocenters. The van der Waals surface area contributed by atoms with Crippen molar-refractivity contribution < 1.29 is 22.7 Å². The highest BCUT2D eigenvalue weighted by atomic mass is 32.2. The zero-order valence-electron chi connectivity index (χ0n) is 13.7. The summed E-state index contributed by atoms with van der Waals surface area (Å²) in [5.41, 5.74) is 0.696. The van der Waals surface area contributed by atoms with Crippen LogP contribution in [0.1, 0.15) is 12.0 Å². The minimum atomic E-state index is -3.09. The fourth-order valence-corrected chi connectivity index (χ4v) is 6.03. The summed E-state index contributed by atoms with van der Waals surface area (Å²) in [5, 5.41) is 0. The van der Waals surface area contributed by atoms with Crippen molar-refractivity contribution in [2.45, 2.75) is 12.5 Å². The third kappa shape index (κ3) is 3.54. The van der Waals surface area contributed by atoms with Gasteiger partial charge in [0.1, 0.15) is 4.32 Å². The summed E-state index contributed by atoms with van der Waals surface area (Å²) in [4.78, 5) is 14.6. The molecular formula is C16H17NO5S3. The van der Waals surface area contributed by atoms with E-state index in [1.165, 1.54) is 23.8 Å². The Morgan fingerprint density at radius 2 is 2.08 bits per heavy atom. The molecule has 0 radical (unpaired) electrons. The maximum absolute atomic E-state index is 12.8. The molecule has 2 fully saturated rings. The van der Waals surface area contributed by atoms with Gasteiger partial charge in [0.05, 0.1) is 36.7 Å². The molecular weight excluding hydrogens is 382 g/mol. The normalized spacial score (nSPS) is 24.2. The number of ether oxygens (including phenoxy) is 2. The van der Waals surface area contributed by atoms with E-state index in [9.17, 15) is 13.2 Å². The minimum Gasteiger partial charge on any atom is -0.493 e. The van der Waals surface area contributed by atoms with Crippen molar-refractivity contribution in [3.63, 3.8) is 0 Å². The fourth-order valence-electron chi connectivity index (χ4n) is 2.94. The molecule has 1 amide bonds. The Morgan fingerprint density at radius 3 is 2.68 bits per heavy atom. The van der Waals surface area contributed by atoms with Crippen LogP contribution in [0.25, 0.3) is 6.08 Å². The van der Waals surface area contributed by atoms with Crippen LogP contribution in [0.2, 0.25) is 0 Å². The van der Waals surface area contributed by atoms with Crippen LogP contribution in [0, 0.1) is 0 Å². The van der Waals surface area contributed by atoms with E-state index in [-0.39, 0.29) is 23.5 Å². The number of thiocarbonyl (C=S) groups is 1. The highest BCUT2D eigenvalue weighted by Crippen LogP contribution is 2.39. The number of benzene rings is 1. The molecule has 2 aliphatic rings. The quantitative estimate of drug-likeness (QED) is 0.567. The summed E-state index contributed by atoms with van der Waals surface area (Å²) < 4.78 is 34.4. The summed E-state index contributed by atoms with van der Waals surface area (Å²) in [6.07, 6.45) is 2.12. The molecule has 0 aliphatic carbocycles. The largest absolute Gasteiger partial charge is 0.493 e. The zero-order chi connectivity index (χ0) is 18.2. The van der Waals surface area contributed by atoms with Crippen molar-refractivity contribution in [2.24, 2.45) is 0 Å². The first kappa shape index (κ1) is 18.2. The second-order valence-corrected chi connectivity index (χ2v) is 9.60. The summed E-state index contributed by atoms with van der Waals surface area (Å²) in [6.45, 7) is 0. The van der Waals surface area contributed by atoms with E-state index in [0.29, 0.717) is 32.7 Å². The van der Waals surface area contributed by atoms with Gasteiger partial charge in [-0.25, -0.2) is 8.42 Å². The van der Waals surface area contributed by atoms with Gasteiger partial charge in [-0.15, -0.1) is 0 Å². The highest BCUT2D eigenvalue weighted by molar-refractivity contribution is 8.26. The summed E-state index contributed by atoms with van der Waals surface area (Å²) in [7, 11) is -0.0197. The zero-order valence-corrected chi connectivity index (χ0v) is 16.2. The monoisotopic (exact) mass is 399 g/mol. The molecule has 2 saturated heterocycles. The average molecular weight is 400 g/mol. The molecule has 0 N–H and O–H groups in total. The summed E-state index contributed by atoms with van der Waals surface area (Å²) in [6, 6.07) is 5.01. The number of hydrogen-bond donors (Lipinski definition) is 0. The van der Waals surface area contributed by atoms with E-state index < -0.39 is 9.84 Å². The molecule has 9 heteroatoms. The number of carbonyl (C=O) groups excluding carboxylic acids is 1. The van der Waals surface area contributed by atoms with Crippen LogP contribution in [0.15, 0.2) is 23.1 Å². The van der Waals surface area contributed by atoms with Crippen molar-refractivity contribution in [1.82, 2.24) is 4.90 Å². The number of sulfone groups is 1. The van der Waals surface area contributed by atoms with Gasteiger partial charge < -0.3 is 9.47 Å². The first-order valence-electron chi connectivity index (χ1n) is 7.55. The van der Waals surface area contributed by atoms with Gasteiger partial charge in [0.2, 0.25) is 0 Å². The van der Waals surface area contributed by atoms with E-state index in [4.69, 9.17) is 21.7 Å². The number of rotatable bonds is 4. The van der Waals surface area contributed by atoms with Crippen LogP contribution >= 0.6 is 24.0 Å². The fraction of sp³-hybridized carbons (Fsp3) is 0.375. The molecule has 2 aliphatic heterocycles. The average Bonchev–Trinajstić information content (AvgIpc) is 3.06. The lowest BCUT2D eigenvalue weighted by Gasteiger charge is -2.20. The molecule has 134 valence electrons. The van der Waals surface area contributed by atoms with Crippen LogP contribution in [0.5, 0.6) is 11.5 Å². The van der Waals surface area contributed by atoms with E-state index in [2.05, 4.69) is 0 Å². The van der Waals surface area contributed by atoms with Crippen LogP contribution in [-0.4, -0.2) is 55.3 Å². The van der Waals surface area contributed by atoms with Crippen LogP contribution in [0.4, 0.5) is 0 Å². The van der Waals surface area contributed by atoms with E-state index in [0.717, 1.165) is 0 Å². The Hall–Kier alpha value is -1.58. The van der Waals surface area contributed by atoms with Gasteiger partial charge in [-0.1, -0.05) is 36.1 Å². The Balaban J connectivity index is 1.91. The Morgan fingerprint density at radius 1 is 1.32 bits per heavy atom. The van der Waals surface area contributed by atoms with Crippen molar-refractivity contribution in [1.29, 1.82) is 0 Å². The Labute approximate surface area is 156 Å². The first-order valence-corrected chi connectivity index (χ1v) is 10.6. The first-order chi connectivity index (χ1) is 11.9. The van der Waals surface area contributed by atoms with Gasteiger partial charge in [-0.05, 0) is 18.6 Å². The number of para-hydroxylation sites is 1. The van der Waals surface area contributed by atoms with Gasteiger partial charge in [0.25, 0.3) is 5.91 Å². The lowest BCUT2D eigenvalue weighted by atomic mass is 10.1. The third-order valence-corrected chi connectivity index (χ3v) is 7.20. The molecule has 1 aromatic rings. The SMILES string of the molecule is COc1cccc(/C=C2/SC(=S)N([C@@H]3CCS(=O)(=O)C3)C2=O)c1OC. The molecule has 0 bridgehead atoms. The molecule has 2 heterocycles. The summed E-state index contributed by atoms with van der Waals surface area (Å²) in [5.74, 6) is 0.890. The number of amides is 1. The topological polar surface area (TPSA) is 72.9 Å².